The van der Waals surface area contributed by atoms with Gasteiger partial charge < -0.3 is 14.2 Å². The number of hydrogen-bond donors (Lipinski definition) is 0. The summed E-state index contributed by atoms with van der Waals surface area (Å²) < 4.78 is 15.7. The highest BCUT2D eigenvalue weighted by molar-refractivity contribution is 6.32. The number of allylic oxidation sites excluding steroid dienone is 1. The quantitative estimate of drug-likeness (QED) is 0.480. The molecule has 2 rings (SSSR count). The van der Waals surface area contributed by atoms with E-state index in [1.165, 1.54) is 7.11 Å². The number of benzene rings is 1. The molecule has 1 aromatic carbocycles. The summed E-state index contributed by atoms with van der Waals surface area (Å²) in [7, 11) is 1.50. The summed E-state index contributed by atoms with van der Waals surface area (Å²) in [5.41, 5.74) is 1.84. The first-order chi connectivity index (χ1) is 14.2. The van der Waals surface area contributed by atoms with E-state index in [2.05, 4.69) is 4.99 Å². The summed E-state index contributed by atoms with van der Waals surface area (Å²) >= 11 is 6.50. The lowest BCUT2D eigenvalue weighted by molar-refractivity contribution is -0.150. The average Bonchev–Trinajstić information content (AvgIpc) is 2.67. The Bertz CT molecular complexity index is 930. The van der Waals surface area contributed by atoms with Crippen LogP contribution in [0, 0.1) is 17.2 Å². The van der Waals surface area contributed by atoms with Gasteiger partial charge >= 0.3 is 11.9 Å². The van der Waals surface area contributed by atoms with Crippen molar-refractivity contribution in [2.24, 2.45) is 10.9 Å². The Morgan fingerprint density at radius 3 is 2.57 bits per heavy atom. The highest BCUT2D eigenvalue weighted by Crippen LogP contribution is 2.43. The molecule has 0 aliphatic carbocycles. The van der Waals surface area contributed by atoms with E-state index in [0.717, 1.165) is 0 Å². The number of nitrogens with zero attached hydrogens (tertiary/aromatic N) is 2. The molecule has 30 heavy (non-hydrogen) atoms. The smallest absolute Gasteiger partial charge is 0.336 e. The van der Waals surface area contributed by atoms with E-state index >= 15 is 0 Å². The van der Waals surface area contributed by atoms with Gasteiger partial charge in [0.05, 0.1) is 28.9 Å². The molecule has 2 unspecified atom stereocenters. The van der Waals surface area contributed by atoms with Crippen LogP contribution in [0.25, 0.3) is 0 Å². The lowest BCUT2D eigenvalue weighted by Crippen LogP contribution is -2.37. The second-order valence-corrected chi connectivity index (χ2v) is 7.52. The largest absolute Gasteiger partial charge is 0.462 e. The van der Waals surface area contributed by atoms with Crippen LogP contribution >= 0.6 is 11.6 Å². The van der Waals surface area contributed by atoms with Crippen LogP contribution < -0.4 is 0 Å². The molecule has 0 amide bonds. The van der Waals surface area contributed by atoms with Crippen molar-refractivity contribution in [3.05, 3.63) is 45.6 Å². The maximum absolute atomic E-state index is 13.0. The van der Waals surface area contributed by atoms with Crippen LogP contribution in [0.4, 0.5) is 0 Å². The van der Waals surface area contributed by atoms with E-state index in [-0.39, 0.29) is 35.5 Å². The number of nitriles is 1. The Morgan fingerprint density at radius 1 is 1.27 bits per heavy atom. The molecule has 0 aromatic heterocycles. The van der Waals surface area contributed by atoms with E-state index in [1.54, 1.807) is 45.9 Å². The number of aliphatic imine (C=N–C) groups is 1. The Kier molecular flexibility index (Phi) is 8.16. The van der Waals surface area contributed by atoms with E-state index in [1.807, 2.05) is 6.07 Å². The molecule has 0 radical (unpaired) electrons. The number of carbonyl (C=O) groups excluding carboxylic acids is 2. The monoisotopic (exact) mass is 432 g/mol. The van der Waals surface area contributed by atoms with Crippen LogP contribution in [0.2, 0.25) is 5.02 Å². The van der Waals surface area contributed by atoms with Gasteiger partial charge in [-0.15, -0.1) is 0 Å². The fourth-order valence-electron chi connectivity index (χ4n) is 3.42. The van der Waals surface area contributed by atoms with Gasteiger partial charge in [-0.25, -0.2) is 4.79 Å². The third-order valence-electron chi connectivity index (χ3n) is 4.66. The summed E-state index contributed by atoms with van der Waals surface area (Å²) in [5, 5.41) is 9.57. The zero-order chi connectivity index (χ0) is 22.4. The number of ether oxygens (including phenoxy) is 3. The molecule has 0 saturated carbocycles. The normalized spacial score (nSPS) is 18.7. The lowest BCUT2D eigenvalue weighted by Gasteiger charge is -2.32. The Morgan fingerprint density at radius 2 is 1.97 bits per heavy atom. The average molecular weight is 433 g/mol. The Hall–Kier alpha value is -2.69. The molecule has 160 valence electrons. The van der Waals surface area contributed by atoms with Crippen molar-refractivity contribution in [3.63, 3.8) is 0 Å². The van der Waals surface area contributed by atoms with Gasteiger partial charge in [0.25, 0.3) is 0 Å². The first-order valence-corrected chi connectivity index (χ1v) is 9.91. The number of methoxy groups -OCH3 is 1. The summed E-state index contributed by atoms with van der Waals surface area (Å²) in [6, 6.07) is 6.96. The minimum atomic E-state index is -0.882. The van der Waals surface area contributed by atoms with Gasteiger partial charge in [-0.1, -0.05) is 23.7 Å². The summed E-state index contributed by atoms with van der Waals surface area (Å²) in [6.45, 7) is 7.15. The van der Waals surface area contributed by atoms with Crippen LogP contribution in [0.1, 0.15) is 44.7 Å². The van der Waals surface area contributed by atoms with Crippen molar-refractivity contribution >= 4 is 29.3 Å². The molecule has 0 spiro atoms. The van der Waals surface area contributed by atoms with Crippen molar-refractivity contribution in [1.29, 1.82) is 5.26 Å². The van der Waals surface area contributed by atoms with Gasteiger partial charge in [0, 0.05) is 24.4 Å². The zero-order valence-corrected chi connectivity index (χ0v) is 18.4. The van der Waals surface area contributed by atoms with Crippen molar-refractivity contribution in [2.45, 2.75) is 39.7 Å². The zero-order valence-electron chi connectivity index (χ0n) is 17.7. The van der Waals surface area contributed by atoms with Crippen LogP contribution in [-0.4, -0.2) is 44.1 Å². The molecular formula is C22H25ClN2O5. The summed E-state index contributed by atoms with van der Waals surface area (Å²) in [5.74, 6) is -2.83. The topological polar surface area (TPSA) is 98.0 Å². The molecule has 0 saturated heterocycles. The summed E-state index contributed by atoms with van der Waals surface area (Å²) in [6.07, 6.45) is -0.351. The molecule has 1 aromatic rings. The second kappa shape index (κ2) is 10.4. The highest BCUT2D eigenvalue weighted by atomic mass is 35.5. The van der Waals surface area contributed by atoms with E-state index in [9.17, 15) is 14.9 Å². The number of rotatable bonds is 7. The van der Waals surface area contributed by atoms with Crippen molar-refractivity contribution in [3.8, 4) is 6.07 Å². The predicted octanol–water partition coefficient (Wildman–Crippen LogP) is 3.80. The minimum Gasteiger partial charge on any atom is -0.462 e. The highest BCUT2D eigenvalue weighted by Gasteiger charge is 2.43. The van der Waals surface area contributed by atoms with E-state index in [0.29, 0.717) is 17.0 Å². The molecule has 7 nitrogen and oxygen atoms in total. The lowest BCUT2D eigenvalue weighted by atomic mass is 9.75. The Balaban J connectivity index is 2.65. The molecule has 2 atom stereocenters. The number of carbonyl (C=O) groups is 2. The van der Waals surface area contributed by atoms with E-state index < -0.39 is 23.8 Å². The molecule has 1 aliphatic heterocycles. The predicted molar refractivity (Wildman–Crippen MR) is 112 cm³/mol. The number of hydrogen-bond acceptors (Lipinski definition) is 7. The third kappa shape index (κ3) is 5.07. The van der Waals surface area contributed by atoms with Crippen molar-refractivity contribution in [2.75, 3.05) is 20.3 Å². The maximum atomic E-state index is 13.0. The van der Waals surface area contributed by atoms with Gasteiger partial charge in [-0.05, 0) is 39.3 Å². The van der Waals surface area contributed by atoms with E-state index in [4.69, 9.17) is 25.8 Å². The van der Waals surface area contributed by atoms with Crippen molar-refractivity contribution < 1.29 is 23.8 Å². The van der Waals surface area contributed by atoms with Gasteiger partial charge in [0.2, 0.25) is 0 Å². The SMILES string of the molecule is COCCOC(=O)C1=C(C)N=C(C)C(C(=O)OC(C)C)C1c1cccc(C#N)c1Cl. The molecule has 1 heterocycles. The van der Waals surface area contributed by atoms with Crippen molar-refractivity contribution in [1.82, 2.24) is 0 Å². The molecule has 8 heteroatoms. The fourth-order valence-corrected chi connectivity index (χ4v) is 3.71. The summed E-state index contributed by atoms with van der Waals surface area (Å²) in [4.78, 5) is 30.4. The maximum Gasteiger partial charge on any atom is 0.336 e. The Labute approximate surface area is 181 Å². The van der Waals surface area contributed by atoms with Gasteiger partial charge in [-0.2, -0.15) is 5.26 Å². The first kappa shape index (κ1) is 23.6. The minimum absolute atomic E-state index is 0.0502. The van der Waals surface area contributed by atoms with Gasteiger partial charge in [0.15, 0.2) is 0 Å². The number of halogens is 1. The molecule has 0 bridgehead atoms. The van der Waals surface area contributed by atoms with Crippen LogP contribution in [0.15, 0.2) is 34.5 Å². The second-order valence-electron chi connectivity index (χ2n) is 7.14. The standard InChI is InChI=1S/C22H25ClN2O5/c1-12(2)30-22(27)18-14(4)25-13(3)17(21(26)29-10-9-28-5)19(18)16-8-6-7-15(11-24)20(16)23/h6-8,12,18-19H,9-10H2,1-5H3. The van der Waals surface area contributed by atoms with Crippen LogP contribution in [0.3, 0.4) is 0 Å². The molecule has 0 N–H and O–H groups in total. The molecule has 0 fully saturated rings. The van der Waals surface area contributed by atoms with Crippen LogP contribution in [-0.2, 0) is 23.8 Å². The number of esters is 2. The third-order valence-corrected chi connectivity index (χ3v) is 5.08. The molecule has 1 aliphatic rings. The first-order valence-electron chi connectivity index (χ1n) is 9.53. The fraction of sp³-hybridized carbons (Fsp3) is 0.455. The molecular weight excluding hydrogens is 408 g/mol. The van der Waals surface area contributed by atoms with Gasteiger partial charge in [0.1, 0.15) is 18.6 Å². The van der Waals surface area contributed by atoms with Gasteiger partial charge in [-0.3, -0.25) is 9.79 Å². The van der Waals surface area contributed by atoms with Crippen LogP contribution in [0.5, 0.6) is 0 Å².